The predicted octanol–water partition coefficient (Wildman–Crippen LogP) is -0.389. The third kappa shape index (κ3) is 4.42. The van der Waals surface area contributed by atoms with Gasteiger partial charge in [-0.2, -0.15) is 5.10 Å². The van der Waals surface area contributed by atoms with Gasteiger partial charge in [0.15, 0.2) is 15.8 Å². The first-order chi connectivity index (χ1) is 12.9. The fourth-order valence-corrected chi connectivity index (χ4v) is 5.40. The minimum Gasteiger partial charge on any atom is -0.353 e. The summed E-state index contributed by atoms with van der Waals surface area (Å²) >= 11 is 0. The number of piperazine rings is 1. The topological polar surface area (TPSA) is 99.9 Å². The van der Waals surface area contributed by atoms with Gasteiger partial charge in [0.25, 0.3) is 0 Å². The summed E-state index contributed by atoms with van der Waals surface area (Å²) < 4.78 is 25.0. The smallest absolute Gasteiger partial charge is 0.246 e. The summed E-state index contributed by atoms with van der Waals surface area (Å²) in [7, 11) is -1.06. The van der Waals surface area contributed by atoms with Gasteiger partial charge in [0.05, 0.1) is 23.4 Å². The summed E-state index contributed by atoms with van der Waals surface area (Å²) in [5.74, 6) is 1.32. The SMILES string of the molecule is Cn1cc(N2CCN(C(=NCC3CCS(=O)(=O)C3)NC3CC3)CC2=O)cn1. The molecule has 3 aliphatic rings. The Bertz CT molecular complexity index is 845. The second-order valence-corrected chi connectivity index (χ2v) is 9.92. The Morgan fingerprint density at radius 2 is 2.15 bits per heavy atom. The van der Waals surface area contributed by atoms with Crippen LogP contribution in [0.15, 0.2) is 17.4 Å². The molecule has 0 radical (unpaired) electrons. The number of guanidine groups is 1. The van der Waals surface area contributed by atoms with E-state index in [0.29, 0.717) is 32.1 Å². The second-order valence-electron chi connectivity index (χ2n) is 7.69. The van der Waals surface area contributed by atoms with Gasteiger partial charge in [0.2, 0.25) is 5.91 Å². The first-order valence-electron chi connectivity index (χ1n) is 9.45. The molecule has 1 N–H and O–H groups in total. The van der Waals surface area contributed by atoms with Crippen LogP contribution >= 0.6 is 0 Å². The van der Waals surface area contributed by atoms with Crippen LogP contribution in [0.4, 0.5) is 5.69 Å². The number of amides is 1. The van der Waals surface area contributed by atoms with Crippen molar-refractivity contribution in [1.82, 2.24) is 20.0 Å². The largest absolute Gasteiger partial charge is 0.353 e. The van der Waals surface area contributed by atoms with Crippen LogP contribution in [0.25, 0.3) is 0 Å². The van der Waals surface area contributed by atoms with Crippen LogP contribution in [-0.2, 0) is 21.7 Å². The molecule has 9 nitrogen and oxygen atoms in total. The van der Waals surface area contributed by atoms with Crippen LogP contribution in [0, 0.1) is 5.92 Å². The van der Waals surface area contributed by atoms with E-state index in [-0.39, 0.29) is 29.9 Å². The molecule has 1 unspecified atom stereocenters. The maximum Gasteiger partial charge on any atom is 0.246 e. The molecule has 1 atom stereocenters. The van der Waals surface area contributed by atoms with Crippen molar-refractivity contribution < 1.29 is 13.2 Å². The number of carbonyl (C=O) groups is 1. The van der Waals surface area contributed by atoms with Gasteiger partial charge in [-0.15, -0.1) is 0 Å². The normalized spacial score (nSPS) is 25.9. The van der Waals surface area contributed by atoms with E-state index >= 15 is 0 Å². The van der Waals surface area contributed by atoms with Crippen molar-refractivity contribution in [1.29, 1.82) is 0 Å². The Labute approximate surface area is 159 Å². The summed E-state index contributed by atoms with van der Waals surface area (Å²) in [5.41, 5.74) is 0.812. The number of nitrogens with zero attached hydrogens (tertiary/aromatic N) is 5. The maximum absolute atomic E-state index is 12.7. The third-order valence-corrected chi connectivity index (χ3v) is 7.10. The molecule has 1 aromatic heterocycles. The second kappa shape index (κ2) is 7.14. The van der Waals surface area contributed by atoms with Gasteiger partial charge in [-0.3, -0.25) is 14.5 Å². The number of aliphatic imine (C=N–C) groups is 1. The van der Waals surface area contributed by atoms with Gasteiger partial charge < -0.3 is 15.1 Å². The summed E-state index contributed by atoms with van der Waals surface area (Å²) in [4.78, 5) is 21.1. The molecular weight excluding hydrogens is 368 g/mol. The van der Waals surface area contributed by atoms with E-state index in [1.54, 1.807) is 15.8 Å². The highest BCUT2D eigenvalue weighted by atomic mass is 32.2. The number of aromatic nitrogens is 2. The highest BCUT2D eigenvalue weighted by Crippen LogP contribution is 2.22. The molecule has 1 aliphatic carbocycles. The van der Waals surface area contributed by atoms with Gasteiger partial charge in [0.1, 0.15) is 6.54 Å². The number of hydrogen-bond acceptors (Lipinski definition) is 5. The molecule has 1 amide bonds. The van der Waals surface area contributed by atoms with E-state index in [2.05, 4.69) is 10.4 Å². The number of aryl methyl sites for hydroxylation is 1. The molecule has 3 fully saturated rings. The Balaban J connectivity index is 1.42. The molecule has 2 aliphatic heterocycles. The van der Waals surface area contributed by atoms with Crippen LogP contribution in [0.3, 0.4) is 0 Å². The van der Waals surface area contributed by atoms with Crippen molar-refractivity contribution in [2.75, 3.05) is 42.6 Å². The predicted molar refractivity (Wildman–Crippen MR) is 102 cm³/mol. The summed E-state index contributed by atoms with van der Waals surface area (Å²) in [5, 5.41) is 7.56. The molecule has 3 heterocycles. The molecule has 1 aromatic rings. The highest BCUT2D eigenvalue weighted by Gasteiger charge is 2.32. The number of nitrogens with one attached hydrogen (secondary N) is 1. The van der Waals surface area contributed by atoms with Crippen molar-refractivity contribution in [3.05, 3.63) is 12.4 Å². The zero-order valence-electron chi connectivity index (χ0n) is 15.5. The molecular formula is C17H26N6O3S. The molecule has 1 saturated carbocycles. The molecule has 2 saturated heterocycles. The van der Waals surface area contributed by atoms with Gasteiger partial charge in [0, 0.05) is 38.9 Å². The third-order valence-electron chi connectivity index (χ3n) is 5.26. The number of sulfone groups is 1. The lowest BCUT2D eigenvalue weighted by atomic mass is 10.1. The van der Waals surface area contributed by atoms with Gasteiger partial charge in [-0.1, -0.05) is 0 Å². The number of carbonyl (C=O) groups excluding carboxylic acids is 1. The van der Waals surface area contributed by atoms with Crippen molar-refractivity contribution in [3.8, 4) is 0 Å². The molecule has 10 heteroatoms. The van der Waals surface area contributed by atoms with Gasteiger partial charge >= 0.3 is 0 Å². The van der Waals surface area contributed by atoms with Crippen LogP contribution in [0.2, 0.25) is 0 Å². The number of rotatable bonds is 4. The molecule has 0 bridgehead atoms. The summed E-state index contributed by atoms with van der Waals surface area (Å²) in [6.07, 6.45) is 6.44. The fourth-order valence-electron chi connectivity index (χ4n) is 3.55. The zero-order chi connectivity index (χ0) is 19.0. The van der Waals surface area contributed by atoms with Crippen LogP contribution in [0.1, 0.15) is 19.3 Å². The molecule has 4 rings (SSSR count). The summed E-state index contributed by atoms with van der Waals surface area (Å²) in [6.45, 7) is 2.01. The Morgan fingerprint density at radius 3 is 2.74 bits per heavy atom. The van der Waals surface area contributed by atoms with Gasteiger partial charge in [-0.05, 0) is 25.2 Å². The average molecular weight is 395 g/mol. The van der Waals surface area contributed by atoms with E-state index < -0.39 is 9.84 Å². The maximum atomic E-state index is 12.7. The molecule has 0 aromatic carbocycles. The fraction of sp³-hybridized carbons (Fsp3) is 0.706. The average Bonchev–Trinajstić information content (AvgIpc) is 3.23. The minimum absolute atomic E-state index is 0.0167. The minimum atomic E-state index is -2.90. The lowest BCUT2D eigenvalue weighted by Gasteiger charge is -2.35. The number of hydrogen-bond donors (Lipinski definition) is 1. The first kappa shape index (κ1) is 18.3. The van der Waals surface area contributed by atoms with Crippen molar-refractivity contribution in [2.24, 2.45) is 18.0 Å². The van der Waals surface area contributed by atoms with E-state index in [9.17, 15) is 13.2 Å². The lowest BCUT2D eigenvalue weighted by molar-refractivity contribution is -0.120. The quantitative estimate of drug-likeness (QED) is 0.552. The van der Waals surface area contributed by atoms with E-state index in [4.69, 9.17) is 4.99 Å². The first-order valence-corrected chi connectivity index (χ1v) is 11.3. The molecule has 27 heavy (non-hydrogen) atoms. The summed E-state index contributed by atoms with van der Waals surface area (Å²) in [6, 6.07) is 0.419. The number of anilines is 1. The van der Waals surface area contributed by atoms with Crippen molar-refractivity contribution >= 4 is 27.4 Å². The van der Waals surface area contributed by atoms with E-state index in [1.165, 1.54) is 0 Å². The molecule has 148 valence electrons. The van der Waals surface area contributed by atoms with E-state index in [1.807, 2.05) is 18.1 Å². The zero-order valence-corrected chi connectivity index (χ0v) is 16.4. The highest BCUT2D eigenvalue weighted by molar-refractivity contribution is 7.91. The Kier molecular flexibility index (Phi) is 4.83. The van der Waals surface area contributed by atoms with E-state index in [0.717, 1.165) is 24.5 Å². The Hall–Kier alpha value is -2.10. The molecule has 0 spiro atoms. The monoisotopic (exact) mass is 394 g/mol. The van der Waals surface area contributed by atoms with Crippen LogP contribution in [-0.4, -0.2) is 78.7 Å². The Morgan fingerprint density at radius 1 is 1.33 bits per heavy atom. The standard InChI is InChI=1S/C17H26N6O3S/c1-21-10-15(9-19-21)23-6-5-22(11-16(23)24)17(20-14-2-3-14)18-8-13-4-7-27(25,26)12-13/h9-10,13-14H,2-8,11-12H2,1H3,(H,18,20). The van der Waals surface area contributed by atoms with Crippen molar-refractivity contribution in [2.45, 2.75) is 25.3 Å². The van der Waals surface area contributed by atoms with Crippen LogP contribution < -0.4 is 10.2 Å². The van der Waals surface area contributed by atoms with Crippen molar-refractivity contribution in [3.63, 3.8) is 0 Å². The lowest BCUT2D eigenvalue weighted by Crippen LogP contribution is -2.55. The van der Waals surface area contributed by atoms with Gasteiger partial charge in [-0.25, -0.2) is 8.42 Å². The van der Waals surface area contributed by atoms with Crippen LogP contribution in [0.5, 0.6) is 0 Å².